The highest BCUT2D eigenvalue weighted by molar-refractivity contribution is 5.89. The molecule has 0 unspecified atom stereocenters. The summed E-state index contributed by atoms with van der Waals surface area (Å²) in [5, 5.41) is 9.82. The molecule has 2 N–H and O–H groups in total. The number of hydrogen-bond acceptors (Lipinski definition) is 6. The molecule has 33 heavy (non-hydrogen) atoms. The minimum absolute atomic E-state index is 0.219. The molecule has 2 aromatic carbocycles. The number of aromatic nitrogens is 3. The van der Waals surface area contributed by atoms with Crippen LogP contribution in [0.4, 0.5) is 10.5 Å². The second-order valence-corrected chi connectivity index (χ2v) is 7.06. The van der Waals surface area contributed by atoms with Crippen LogP contribution >= 0.6 is 0 Å². The quantitative estimate of drug-likeness (QED) is 0.396. The highest BCUT2D eigenvalue weighted by Gasteiger charge is 2.12. The molecule has 168 valence electrons. The summed E-state index contributed by atoms with van der Waals surface area (Å²) >= 11 is 0. The van der Waals surface area contributed by atoms with Crippen molar-refractivity contribution >= 4 is 17.7 Å². The van der Waals surface area contributed by atoms with E-state index in [-0.39, 0.29) is 18.3 Å². The van der Waals surface area contributed by atoms with Gasteiger partial charge in [0.15, 0.2) is 5.69 Å². The molecule has 0 saturated heterocycles. The van der Waals surface area contributed by atoms with Crippen molar-refractivity contribution in [2.75, 3.05) is 18.5 Å². The summed E-state index contributed by atoms with van der Waals surface area (Å²) < 4.78 is 12.0. The van der Waals surface area contributed by atoms with Crippen LogP contribution in [0.15, 0.2) is 77.5 Å². The molecule has 0 aliphatic heterocycles. The Morgan fingerprint density at radius 3 is 2.76 bits per heavy atom. The molecule has 0 atom stereocenters. The molecule has 0 saturated carbocycles. The number of urea groups is 1. The molecule has 0 fully saturated rings. The molecule has 0 aliphatic rings. The fraction of sp³-hybridized carbons (Fsp3) is 0.167. The number of anilines is 1. The van der Waals surface area contributed by atoms with E-state index in [0.717, 1.165) is 11.3 Å². The summed E-state index contributed by atoms with van der Waals surface area (Å²) in [6.07, 6.45) is 3.79. The molecule has 9 heteroatoms. The van der Waals surface area contributed by atoms with Crippen LogP contribution < -0.4 is 10.6 Å². The van der Waals surface area contributed by atoms with Crippen LogP contribution in [-0.4, -0.2) is 39.9 Å². The van der Waals surface area contributed by atoms with E-state index < -0.39 is 5.97 Å². The first-order valence-electron chi connectivity index (χ1n) is 10.5. The van der Waals surface area contributed by atoms with Gasteiger partial charge in [0.1, 0.15) is 6.26 Å². The van der Waals surface area contributed by atoms with E-state index in [9.17, 15) is 9.59 Å². The molecule has 0 radical (unpaired) electrons. The molecule has 4 aromatic rings. The van der Waals surface area contributed by atoms with Gasteiger partial charge in [-0.1, -0.05) is 24.3 Å². The zero-order chi connectivity index (χ0) is 23.0. The van der Waals surface area contributed by atoms with Crippen molar-refractivity contribution in [3.8, 4) is 17.1 Å². The van der Waals surface area contributed by atoms with Crippen molar-refractivity contribution in [2.45, 2.75) is 13.3 Å². The lowest BCUT2D eigenvalue weighted by Crippen LogP contribution is -2.30. The second kappa shape index (κ2) is 10.3. The maximum absolute atomic E-state index is 12.3. The van der Waals surface area contributed by atoms with Crippen LogP contribution in [0.25, 0.3) is 17.1 Å². The van der Waals surface area contributed by atoms with Gasteiger partial charge in [0.2, 0.25) is 5.89 Å². The molecule has 4 rings (SSSR count). The highest BCUT2D eigenvalue weighted by atomic mass is 16.5. The fourth-order valence-corrected chi connectivity index (χ4v) is 3.12. The highest BCUT2D eigenvalue weighted by Crippen LogP contribution is 2.18. The van der Waals surface area contributed by atoms with E-state index >= 15 is 0 Å². The average Bonchev–Trinajstić information content (AvgIpc) is 3.50. The van der Waals surface area contributed by atoms with E-state index in [2.05, 4.69) is 20.7 Å². The second-order valence-electron chi connectivity index (χ2n) is 7.06. The van der Waals surface area contributed by atoms with Gasteiger partial charge in [0.25, 0.3) is 0 Å². The van der Waals surface area contributed by atoms with Gasteiger partial charge in [-0.2, -0.15) is 5.10 Å². The van der Waals surface area contributed by atoms with Gasteiger partial charge < -0.3 is 19.8 Å². The van der Waals surface area contributed by atoms with Crippen molar-refractivity contribution in [3.05, 3.63) is 84.5 Å². The molecule has 0 spiro atoms. The van der Waals surface area contributed by atoms with Crippen molar-refractivity contribution in [1.29, 1.82) is 0 Å². The van der Waals surface area contributed by atoms with Crippen LogP contribution in [0.5, 0.6) is 0 Å². The summed E-state index contributed by atoms with van der Waals surface area (Å²) in [4.78, 5) is 28.5. The van der Waals surface area contributed by atoms with Gasteiger partial charge >= 0.3 is 12.0 Å². The third-order valence-electron chi connectivity index (χ3n) is 4.68. The SMILES string of the molecule is CCOC(=O)c1ccn(-c2cccc(NC(=O)NCCc3coc(-c4ccccc4)n3)c2)n1. The van der Waals surface area contributed by atoms with Gasteiger partial charge in [-0.15, -0.1) is 0 Å². The third kappa shape index (κ3) is 5.65. The number of carbonyl (C=O) groups excluding carboxylic acids is 2. The van der Waals surface area contributed by atoms with E-state index in [0.29, 0.717) is 30.2 Å². The number of amides is 2. The summed E-state index contributed by atoms with van der Waals surface area (Å²) in [6.45, 7) is 2.42. The largest absolute Gasteiger partial charge is 0.461 e. The topological polar surface area (TPSA) is 111 Å². The van der Waals surface area contributed by atoms with Gasteiger partial charge in [0, 0.05) is 30.4 Å². The molecule has 2 heterocycles. The number of rotatable bonds is 8. The minimum atomic E-state index is -0.479. The van der Waals surface area contributed by atoms with Crippen molar-refractivity contribution in [3.63, 3.8) is 0 Å². The maximum atomic E-state index is 12.3. The maximum Gasteiger partial charge on any atom is 0.358 e. The third-order valence-corrected chi connectivity index (χ3v) is 4.68. The Morgan fingerprint density at radius 2 is 1.94 bits per heavy atom. The summed E-state index contributed by atoms with van der Waals surface area (Å²) in [5.74, 6) is 0.0736. The van der Waals surface area contributed by atoms with E-state index in [1.165, 1.54) is 0 Å². The summed E-state index contributed by atoms with van der Waals surface area (Å²) in [6, 6.07) is 18.0. The molecule has 2 amide bonds. The van der Waals surface area contributed by atoms with Crippen molar-refractivity contribution < 1.29 is 18.7 Å². The smallest absolute Gasteiger partial charge is 0.358 e. The Bertz CT molecular complexity index is 1230. The molecule has 0 bridgehead atoms. The van der Waals surface area contributed by atoms with Crippen molar-refractivity contribution in [2.24, 2.45) is 0 Å². The monoisotopic (exact) mass is 445 g/mol. The van der Waals surface area contributed by atoms with Crippen LogP contribution in [0.3, 0.4) is 0 Å². The van der Waals surface area contributed by atoms with E-state index in [4.69, 9.17) is 9.15 Å². The number of nitrogens with zero attached hydrogens (tertiary/aromatic N) is 3. The number of benzene rings is 2. The average molecular weight is 445 g/mol. The first-order chi connectivity index (χ1) is 16.1. The number of esters is 1. The van der Waals surface area contributed by atoms with Crippen molar-refractivity contribution in [1.82, 2.24) is 20.1 Å². The number of ether oxygens (including phenoxy) is 1. The molecule has 0 aliphatic carbocycles. The summed E-state index contributed by atoms with van der Waals surface area (Å²) in [7, 11) is 0. The Balaban J connectivity index is 1.30. The van der Waals surface area contributed by atoms with Gasteiger partial charge in [-0.25, -0.2) is 19.3 Å². The number of carbonyl (C=O) groups is 2. The minimum Gasteiger partial charge on any atom is -0.461 e. The van der Waals surface area contributed by atoms with Crippen LogP contribution in [0.2, 0.25) is 0 Å². The zero-order valence-electron chi connectivity index (χ0n) is 18.0. The van der Waals surface area contributed by atoms with Crippen LogP contribution in [-0.2, 0) is 11.2 Å². The molecular formula is C24H23N5O4. The Morgan fingerprint density at radius 1 is 1.09 bits per heavy atom. The molecular weight excluding hydrogens is 422 g/mol. The van der Waals surface area contributed by atoms with Gasteiger partial charge in [-0.3, -0.25) is 0 Å². The standard InChI is InChI=1S/C24H23N5O4/c1-2-32-23(30)21-12-14-29(28-21)20-10-6-9-18(15-20)27-24(31)25-13-11-19-16-33-22(26-19)17-7-4-3-5-8-17/h3-10,12,14-16H,2,11,13H2,1H3,(H2,25,27,31). The number of hydrogen-bond donors (Lipinski definition) is 2. The predicted octanol–water partition coefficient (Wildman–Crippen LogP) is 4.07. The summed E-state index contributed by atoms with van der Waals surface area (Å²) in [5.41, 5.74) is 3.16. The number of oxazole rings is 1. The molecule has 2 aromatic heterocycles. The Hall–Kier alpha value is -4.40. The lowest BCUT2D eigenvalue weighted by Gasteiger charge is -2.09. The lowest BCUT2D eigenvalue weighted by molar-refractivity contribution is 0.0519. The zero-order valence-corrected chi connectivity index (χ0v) is 18.0. The molecule has 9 nitrogen and oxygen atoms in total. The van der Waals surface area contributed by atoms with Gasteiger partial charge in [-0.05, 0) is 43.3 Å². The fourth-order valence-electron chi connectivity index (χ4n) is 3.12. The van der Waals surface area contributed by atoms with E-state index in [1.54, 1.807) is 48.3 Å². The Labute approximate surface area is 190 Å². The van der Waals surface area contributed by atoms with E-state index in [1.807, 2.05) is 36.4 Å². The predicted molar refractivity (Wildman–Crippen MR) is 122 cm³/mol. The van der Waals surface area contributed by atoms with Gasteiger partial charge in [0.05, 0.1) is 18.0 Å². The first kappa shape index (κ1) is 21.8. The van der Waals surface area contributed by atoms with Crippen LogP contribution in [0.1, 0.15) is 23.1 Å². The van der Waals surface area contributed by atoms with Crippen LogP contribution in [0, 0.1) is 0 Å². The normalized spacial score (nSPS) is 10.6. The Kier molecular flexibility index (Phi) is 6.79. The first-order valence-corrected chi connectivity index (χ1v) is 10.5. The number of nitrogens with one attached hydrogen (secondary N) is 2. The lowest BCUT2D eigenvalue weighted by atomic mass is 10.2.